The fourth-order valence-electron chi connectivity index (χ4n) is 2.40. The normalized spacial score (nSPS) is 29.5. The Labute approximate surface area is 83.5 Å². The van der Waals surface area contributed by atoms with Crippen molar-refractivity contribution in [3.05, 3.63) is 0 Å². The van der Waals surface area contributed by atoms with Crippen LogP contribution in [-0.4, -0.2) is 24.5 Å². The third-order valence-electron chi connectivity index (χ3n) is 3.35. The van der Waals surface area contributed by atoms with Crippen LogP contribution in [0, 0.1) is 10.8 Å². The van der Waals surface area contributed by atoms with E-state index in [0.717, 1.165) is 6.04 Å². The summed E-state index contributed by atoms with van der Waals surface area (Å²) >= 11 is 0. The van der Waals surface area contributed by atoms with E-state index in [1.165, 1.54) is 19.4 Å². The van der Waals surface area contributed by atoms with Gasteiger partial charge in [0.15, 0.2) is 0 Å². The Kier molecular flexibility index (Phi) is 2.78. The average Bonchev–Trinajstić information content (AvgIpc) is 2.13. The zero-order chi connectivity index (χ0) is 10.3. The Balaban J connectivity index is 2.66. The van der Waals surface area contributed by atoms with Crippen LogP contribution in [0.15, 0.2) is 0 Å². The average molecular weight is 183 g/mol. The Hall–Kier alpha value is -0.0400. The van der Waals surface area contributed by atoms with Gasteiger partial charge < -0.3 is 4.90 Å². The third kappa shape index (κ3) is 2.70. The van der Waals surface area contributed by atoms with E-state index in [1.807, 2.05) is 0 Å². The molecule has 1 rings (SSSR count). The molecule has 1 saturated heterocycles. The monoisotopic (exact) mass is 183 g/mol. The van der Waals surface area contributed by atoms with Crippen molar-refractivity contribution >= 4 is 0 Å². The fraction of sp³-hybridized carbons (Fsp3) is 1.00. The minimum Gasteiger partial charge on any atom is -0.303 e. The Morgan fingerprint density at radius 2 is 1.85 bits per heavy atom. The van der Waals surface area contributed by atoms with Gasteiger partial charge in [-0.3, -0.25) is 0 Å². The fourth-order valence-corrected chi connectivity index (χ4v) is 2.40. The van der Waals surface area contributed by atoms with Crippen LogP contribution in [-0.2, 0) is 0 Å². The lowest BCUT2D eigenvalue weighted by atomic mass is 9.76. The first kappa shape index (κ1) is 11.0. The molecule has 78 valence electrons. The van der Waals surface area contributed by atoms with Crippen molar-refractivity contribution in [2.45, 2.75) is 53.5 Å². The second-order valence-corrected chi connectivity index (χ2v) is 6.50. The van der Waals surface area contributed by atoms with Gasteiger partial charge in [-0.2, -0.15) is 0 Å². The number of hydrogen-bond acceptors (Lipinski definition) is 1. The van der Waals surface area contributed by atoms with Gasteiger partial charge in [0.05, 0.1) is 0 Å². The van der Waals surface area contributed by atoms with Gasteiger partial charge >= 0.3 is 0 Å². The van der Waals surface area contributed by atoms with Crippen LogP contribution in [0.4, 0.5) is 0 Å². The molecule has 0 amide bonds. The van der Waals surface area contributed by atoms with Crippen LogP contribution in [0.2, 0.25) is 0 Å². The predicted molar refractivity (Wildman–Crippen MR) is 58.9 cm³/mol. The summed E-state index contributed by atoms with van der Waals surface area (Å²) in [6, 6.07) is 0.771. The van der Waals surface area contributed by atoms with E-state index in [4.69, 9.17) is 0 Å². The maximum absolute atomic E-state index is 2.53. The molecule has 0 aromatic carbocycles. The largest absolute Gasteiger partial charge is 0.303 e. The first-order valence-electron chi connectivity index (χ1n) is 5.43. The molecule has 1 aliphatic heterocycles. The first-order chi connectivity index (χ1) is 5.72. The minimum atomic E-state index is 0.459. The maximum Gasteiger partial charge on any atom is 0.0149 e. The topological polar surface area (TPSA) is 3.24 Å². The molecule has 0 aromatic heterocycles. The van der Waals surface area contributed by atoms with Gasteiger partial charge in [0.25, 0.3) is 0 Å². The highest BCUT2D eigenvalue weighted by Crippen LogP contribution is 2.40. The lowest BCUT2D eigenvalue weighted by Gasteiger charge is -2.35. The molecule has 0 saturated carbocycles. The van der Waals surface area contributed by atoms with Gasteiger partial charge in [-0.05, 0) is 37.3 Å². The number of rotatable bonds is 1. The van der Waals surface area contributed by atoms with Crippen LogP contribution < -0.4 is 0 Å². The molecular formula is C12H25N. The quantitative estimate of drug-likeness (QED) is 0.603. The van der Waals surface area contributed by atoms with Crippen LogP contribution in [0.1, 0.15) is 47.5 Å². The molecule has 0 unspecified atom stereocenters. The number of nitrogens with zero attached hydrogens (tertiary/aromatic N) is 1. The van der Waals surface area contributed by atoms with E-state index in [1.54, 1.807) is 0 Å². The maximum atomic E-state index is 2.53. The summed E-state index contributed by atoms with van der Waals surface area (Å²) < 4.78 is 0. The lowest BCUT2D eigenvalue weighted by molar-refractivity contribution is 0.149. The SMILES string of the molecule is CN1CCC(C)(C)[C@@H]1CC(C)(C)C. The van der Waals surface area contributed by atoms with Gasteiger partial charge in [-0.1, -0.05) is 34.6 Å². The van der Waals surface area contributed by atoms with E-state index >= 15 is 0 Å². The molecule has 0 spiro atoms. The highest BCUT2D eigenvalue weighted by Gasteiger charge is 2.39. The van der Waals surface area contributed by atoms with Crippen molar-refractivity contribution in [2.75, 3.05) is 13.6 Å². The molecule has 0 aromatic rings. The predicted octanol–water partition coefficient (Wildman–Crippen LogP) is 3.15. The molecule has 0 aliphatic carbocycles. The Morgan fingerprint density at radius 1 is 1.31 bits per heavy atom. The molecule has 1 nitrogen and oxygen atoms in total. The zero-order valence-electron chi connectivity index (χ0n) is 10.1. The molecule has 13 heavy (non-hydrogen) atoms. The third-order valence-corrected chi connectivity index (χ3v) is 3.35. The van der Waals surface area contributed by atoms with Crippen LogP contribution in [0.25, 0.3) is 0 Å². The Bertz CT molecular complexity index is 176. The standard InChI is InChI=1S/C12H25N/c1-11(2,3)9-10-12(4,5)7-8-13(10)6/h10H,7-9H2,1-6H3/t10-/m0/s1. The number of hydrogen-bond donors (Lipinski definition) is 0. The molecule has 1 heterocycles. The van der Waals surface area contributed by atoms with E-state index in [9.17, 15) is 0 Å². The van der Waals surface area contributed by atoms with Crippen molar-refractivity contribution < 1.29 is 0 Å². The molecule has 1 aliphatic rings. The summed E-state index contributed by atoms with van der Waals surface area (Å²) in [5.74, 6) is 0. The first-order valence-corrected chi connectivity index (χ1v) is 5.43. The molecule has 1 fully saturated rings. The van der Waals surface area contributed by atoms with Gasteiger partial charge in [-0.25, -0.2) is 0 Å². The van der Waals surface area contributed by atoms with Gasteiger partial charge in [0.2, 0.25) is 0 Å². The van der Waals surface area contributed by atoms with Crippen LogP contribution in [0.5, 0.6) is 0 Å². The summed E-state index contributed by atoms with van der Waals surface area (Å²) in [6.45, 7) is 13.1. The van der Waals surface area contributed by atoms with Gasteiger partial charge in [-0.15, -0.1) is 0 Å². The molecule has 0 N–H and O–H groups in total. The second kappa shape index (κ2) is 3.27. The van der Waals surface area contributed by atoms with E-state index < -0.39 is 0 Å². The van der Waals surface area contributed by atoms with E-state index in [-0.39, 0.29) is 0 Å². The minimum absolute atomic E-state index is 0.459. The molecular weight excluding hydrogens is 158 g/mol. The smallest absolute Gasteiger partial charge is 0.0149 e. The van der Waals surface area contributed by atoms with Gasteiger partial charge in [0.1, 0.15) is 0 Å². The molecule has 1 heteroatoms. The van der Waals surface area contributed by atoms with Crippen molar-refractivity contribution in [1.82, 2.24) is 4.90 Å². The summed E-state index contributed by atoms with van der Waals surface area (Å²) in [7, 11) is 2.27. The van der Waals surface area contributed by atoms with Gasteiger partial charge in [0, 0.05) is 6.04 Å². The summed E-state index contributed by atoms with van der Waals surface area (Å²) in [5, 5.41) is 0. The van der Waals surface area contributed by atoms with E-state index in [2.05, 4.69) is 46.6 Å². The van der Waals surface area contributed by atoms with Crippen LogP contribution in [0.3, 0.4) is 0 Å². The number of likely N-dealkylation sites (tertiary alicyclic amines) is 1. The molecule has 1 atom stereocenters. The summed E-state index contributed by atoms with van der Waals surface area (Å²) in [6.07, 6.45) is 2.67. The second-order valence-electron chi connectivity index (χ2n) is 6.50. The highest BCUT2D eigenvalue weighted by molar-refractivity contribution is 4.93. The summed E-state index contributed by atoms with van der Waals surface area (Å²) in [4.78, 5) is 2.53. The highest BCUT2D eigenvalue weighted by atomic mass is 15.2. The lowest BCUT2D eigenvalue weighted by Crippen LogP contribution is -2.37. The Morgan fingerprint density at radius 3 is 2.15 bits per heavy atom. The summed E-state index contributed by atoms with van der Waals surface area (Å²) in [5.41, 5.74) is 0.975. The van der Waals surface area contributed by atoms with Crippen molar-refractivity contribution in [3.63, 3.8) is 0 Å². The molecule has 0 bridgehead atoms. The molecule has 0 radical (unpaired) electrons. The van der Waals surface area contributed by atoms with Crippen molar-refractivity contribution in [2.24, 2.45) is 10.8 Å². The zero-order valence-corrected chi connectivity index (χ0v) is 10.1. The van der Waals surface area contributed by atoms with Crippen LogP contribution >= 0.6 is 0 Å². The van der Waals surface area contributed by atoms with Crippen molar-refractivity contribution in [1.29, 1.82) is 0 Å². The van der Waals surface area contributed by atoms with E-state index in [0.29, 0.717) is 10.8 Å². The van der Waals surface area contributed by atoms with Crippen molar-refractivity contribution in [3.8, 4) is 0 Å².